The first-order chi connectivity index (χ1) is 10.2. The number of carbonyl (C=O) groups is 1. The van der Waals surface area contributed by atoms with Crippen LogP contribution in [0.5, 0.6) is 0 Å². The first-order valence-corrected chi connectivity index (χ1v) is 7.75. The molecule has 21 heavy (non-hydrogen) atoms. The van der Waals surface area contributed by atoms with Crippen molar-refractivity contribution >= 4 is 16.8 Å². The third-order valence-corrected chi connectivity index (χ3v) is 4.39. The fourth-order valence-electron chi connectivity index (χ4n) is 1.99. The molecule has 0 amide bonds. The van der Waals surface area contributed by atoms with Gasteiger partial charge < -0.3 is 4.74 Å². The van der Waals surface area contributed by atoms with E-state index in [1.807, 2.05) is 60.7 Å². The van der Waals surface area contributed by atoms with E-state index in [4.69, 9.17) is 0 Å². The molecule has 4 heteroatoms. The van der Waals surface area contributed by atoms with Gasteiger partial charge in [0.2, 0.25) is 0 Å². The molecule has 0 aliphatic rings. The van der Waals surface area contributed by atoms with Crippen LogP contribution in [-0.4, -0.2) is 17.3 Å². The second-order valence-corrected chi connectivity index (χ2v) is 5.76. The molecular weight excluding hydrogens is 284 g/mol. The Labute approximate surface area is 126 Å². The van der Waals surface area contributed by atoms with Crippen molar-refractivity contribution in [3.05, 3.63) is 83.3 Å². The zero-order valence-corrected chi connectivity index (χ0v) is 12.5. The van der Waals surface area contributed by atoms with Crippen molar-refractivity contribution in [3.63, 3.8) is 0 Å². The Hall–Kier alpha value is -2.20. The molecule has 0 N–H and O–H groups in total. The summed E-state index contributed by atoms with van der Waals surface area (Å²) in [7, 11) is -0.0702. The maximum Gasteiger partial charge on any atom is 0.331 e. The van der Waals surface area contributed by atoms with Crippen molar-refractivity contribution in [1.82, 2.24) is 0 Å². The monoisotopic (exact) mass is 300 g/mol. The highest BCUT2D eigenvalue weighted by Crippen LogP contribution is 2.28. The van der Waals surface area contributed by atoms with Crippen molar-refractivity contribution in [2.45, 2.75) is 5.25 Å². The third-order valence-electron chi connectivity index (χ3n) is 2.98. The summed E-state index contributed by atoms with van der Waals surface area (Å²) in [4.78, 5) is 11.2. The van der Waals surface area contributed by atoms with Gasteiger partial charge in [-0.05, 0) is 11.1 Å². The lowest BCUT2D eigenvalue weighted by molar-refractivity contribution is -0.134. The fraction of sp³-hybridized carbons (Fsp3) is 0.118. The van der Waals surface area contributed by atoms with Gasteiger partial charge in [-0.25, -0.2) is 4.79 Å². The molecule has 0 aliphatic heterocycles. The van der Waals surface area contributed by atoms with Crippen molar-refractivity contribution in [2.75, 3.05) is 7.11 Å². The van der Waals surface area contributed by atoms with Crippen molar-refractivity contribution in [3.8, 4) is 0 Å². The Balaban J connectivity index is 2.36. The lowest BCUT2D eigenvalue weighted by Crippen LogP contribution is -2.07. The van der Waals surface area contributed by atoms with Crippen molar-refractivity contribution in [2.24, 2.45) is 0 Å². The van der Waals surface area contributed by atoms with E-state index in [2.05, 4.69) is 4.74 Å². The molecule has 2 aromatic rings. The molecule has 0 aromatic heterocycles. The lowest BCUT2D eigenvalue weighted by Gasteiger charge is -2.15. The summed E-state index contributed by atoms with van der Waals surface area (Å²) >= 11 is 0. The summed E-state index contributed by atoms with van der Waals surface area (Å²) in [5.41, 5.74) is 1.88. The summed E-state index contributed by atoms with van der Waals surface area (Å²) in [6.45, 7) is 0. The minimum Gasteiger partial charge on any atom is -0.466 e. The van der Waals surface area contributed by atoms with Crippen molar-refractivity contribution < 1.29 is 13.7 Å². The minimum absolute atomic E-state index is 0.312. The molecule has 0 fully saturated rings. The average Bonchev–Trinajstić information content (AvgIpc) is 2.55. The molecule has 0 radical (unpaired) electrons. The Morgan fingerprint density at radius 2 is 1.48 bits per heavy atom. The maximum atomic E-state index is 12.6. The largest absolute Gasteiger partial charge is 0.466 e. The number of hydrogen-bond acceptors (Lipinski definition) is 3. The molecule has 2 rings (SSSR count). The van der Waals surface area contributed by atoms with Gasteiger partial charge in [-0.15, -0.1) is 0 Å². The van der Waals surface area contributed by atoms with Crippen LogP contribution >= 0.6 is 0 Å². The first-order valence-electron chi connectivity index (χ1n) is 6.48. The SMILES string of the molecule is COC(=O)/C=C/S(=O)C(c1ccccc1)c1ccccc1. The zero-order valence-electron chi connectivity index (χ0n) is 11.6. The minimum atomic E-state index is -1.36. The second-order valence-electron chi connectivity index (χ2n) is 4.36. The number of esters is 1. The smallest absolute Gasteiger partial charge is 0.331 e. The van der Waals surface area contributed by atoms with E-state index in [9.17, 15) is 9.00 Å². The second kappa shape index (κ2) is 7.55. The molecule has 0 heterocycles. The van der Waals surface area contributed by atoms with E-state index in [0.29, 0.717) is 0 Å². The Morgan fingerprint density at radius 1 is 1.00 bits per heavy atom. The van der Waals surface area contributed by atoms with Crippen LogP contribution in [0.2, 0.25) is 0 Å². The van der Waals surface area contributed by atoms with Crippen LogP contribution in [0.1, 0.15) is 16.4 Å². The summed E-state index contributed by atoms with van der Waals surface area (Å²) in [6, 6.07) is 19.2. The number of benzene rings is 2. The molecule has 0 aliphatic carbocycles. The van der Waals surface area contributed by atoms with Gasteiger partial charge in [-0.3, -0.25) is 4.21 Å². The van der Waals surface area contributed by atoms with Gasteiger partial charge in [0, 0.05) is 11.5 Å². The molecule has 0 spiro atoms. The first kappa shape index (κ1) is 15.2. The molecule has 108 valence electrons. The highest BCUT2D eigenvalue weighted by atomic mass is 32.2. The quantitative estimate of drug-likeness (QED) is 0.629. The van der Waals surface area contributed by atoms with Gasteiger partial charge >= 0.3 is 5.97 Å². The van der Waals surface area contributed by atoms with Crippen LogP contribution in [0.25, 0.3) is 0 Å². The predicted octanol–water partition coefficient (Wildman–Crippen LogP) is 3.21. The van der Waals surface area contributed by atoms with Crippen LogP contribution in [0.15, 0.2) is 72.1 Å². The Kier molecular flexibility index (Phi) is 5.46. The van der Waals surface area contributed by atoms with Crippen molar-refractivity contribution in [1.29, 1.82) is 0 Å². The van der Waals surface area contributed by atoms with Gasteiger partial charge in [-0.1, -0.05) is 60.7 Å². The summed E-state index contributed by atoms with van der Waals surface area (Å²) in [5, 5.41) is 1.07. The normalized spacial score (nSPS) is 12.5. The fourth-order valence-corrected chi connectivity index (χ4v) is 3.24. The van der Waals surface area contributed by atoms with Gasteiger partial charge in [0.05, 0.1) is 23.2 Å². The van der Waals surface area contributed by atoms with Crippen LogP contribution in [0.3, 0.4) is 0 Å². The summed E-state index contributed by atoms with van der Waals surface area (Å²) in [6.07, 6.45) is 1.20. The van der Waals surface area contributed by atoms with Gasteiger partial charge in [0.1, 0.15) is 0 Å². The number of carbonyl (C=O) groups excluding carboxylic acids is 1. The number of ether oxygens (including phenoxy) is 1. The molecule has 1 unspecified atom stereocenters. The van der Waals surface area contributed by atoms with Gasteiger partial charge in [0.25, 0.3) is 0 Å². The molecule has 0 saturated heterocycles. The molecule has 1 atom stereocenters. The standard InChI is InChI=1S/C17H16O3S/c1-20-16(18)12-13-21(19)17(14-8-4-2-5-9-14)15-10-6-3-7-11-15/h2-13,17H,1H3/b13-12+. The number of methoxy groups -OCH3 is 1. The molecule has 0 saturated carbocycles. The topological polar surface area (TPSA) is 43.4 Å². The molecule has 3 nitrogen and oxygen atoms in total. The van der Waals surface area contributed by atoms with Crippen LogP contribution in [0.4, 0.5) is 0 Å². The van der Waals surface area contributed by atoms with E-state index >= 15 is 0 Å². The third kappa shape index (κ3) is 4.13. The lowest BCUT2D eigenvalue weighted by atomic mass is 10.0. The van der Waals surface area contributed by atoms with Crippen LogP contribution < -0.4 is 0 Å². The zero-order chi connectivity index (χ0) is 15.1. The molecule has 0 bridgehead atoms. The molecule has 2 aromatic carbocycles. The van der Waals surface area contributed by atoms with E-state index in [1.54, 1.807) is 0 Å². The average molecular weight is 300 g/mol. The Bertz CT molecular complexity index is 596. The summed E-state index contributed by atoms with van der Waals surface area (Å²) in [5.74, 6) is -0.511. The van der Waals surface area contributed by atoms with E-state index in [1.165, 1.54) is 18.6 Å². The summed E-state index contributed by atoms with van der Waals surface area (Å²) < 4.78 is 17.1. The van der Waals surface area contributed by atoms with E-state index in [-0.39, 0.29) is 5.25 Å². The van der Waals surface area contributed by atoms with E-state index in [0.717, 1.165) is 11.1 Å². The molecular formula is C17H16O3S. The highest BCUT2D eigenvalue weighted by molar-refractivity contribution is 7.88. The van der Waals surface area contributed by atoms with Gasteiger partial charge in [0.15, 0.2) is 0 Å². The number of rotatable bonds is 5. The van der Waals surface area contributed by atoms with E-state index < -0.39 is 16.8 Å². The van der Waals surface area contributed by atoms with Gasteiger partial charge in [-0.2, -0.15) is 0 Å². The number of hydrogen-bond donors (Lipinski definition) is 0. The maximum absolute atomic E-state index is 12.6. The van der Waals surface area contributed by atoms with Crippen LogP contribution in [0, 0.1) is 0 Å². The van der Waals surface area contributed by atoms with Crippen LogP contribution in [-0.2, 0) is 20.3 Å². The highest BCUT2D eigenvalue weighted by Gasteiger charge is 2.19. The Morgan fingerprint density at radius 3 is 1.90 bits per heavy atom. The predicted molar refractivity (Wildman–Crippen MR) is 84.0 cm³/mol.